The van der Waals surface area contributed by atoms with Crippen LogP contribution in [0, 0.1) is 0 Å². The molecule has 27 heavy (non-hydrogen) atoms. The molecule has 0 aliphatic carbocycles. The van der Waals surface area contributed by atoms with Crippen LogP contribution < -0.4 is 9.64 Å². The summed E-state index contributed by atoms with van der Waals surface area (Å²) in [5.41, 5.74) is 2.24. The van der Waals surface area contributed by atoms with Gasteiger partial charge in [0, 0.05) is 17.6 Å². The van der Waals surface area contributed by atoms with E-state index in [0.29, 0.717) is 29.5 Å². The molecule has 2 aliphatic heterocycles. The molecule has 0 N–H and O–H groups in total. The van der Waals surface area contributed by atoms with Crippen LogP contribution in [0.5, 0.6) is 5.75 Å². The maximum atomic E-state index is 12.5. The highest BCUT2D eigenvalue weighted by atomic mass is 35.5. The number of halogens is 1. The van der Waals surface area contributed by atoms with Gasteiger partial charge in [-0.25, -0.2) is 0 Å². The first-order chi connectivity index (χ1) is 13.1. The molecule has 2 aromatic carbocycles. The number of ketones is 1. The second-order valence-electron chi connectivity index (χ2n) is 6.84. The standard InChI is InChI=1S/C21H21ClN2O3/c1-2-27-16-8-5-14(6-9-16)18-4-3-11-23(18)13-24-19-10-7-15(22)12-17(19)20(25)21(24)26/h5-10,12,18H,2-4,11,13H2,1H3/t18-/m1/s1. The van der Waals surface area contributed by atoms with Gasteiger partial charge >= 0.3 is 5.91 Å². The summed E-state index contributed by atoms with van der Waals surface area (Å²) in [5, 5.41) is 0.463. The number of benzene rings is 2. The molecule has 1 atom stereocenters. The lowest BCUT2D eigenvalue weighted by atomic mass is 10.0. The Morgan fingerprint density at radius 1 is 1.15 bits per heavy atom. The van der Waals surface area contributed by atoms with Crippen molar-refractivity contribution in [3.63, 3.8) is 0 Å². The Bertz CT molecular complexity index is 881. The zero-order valence-corrected chi connectivity index (χ0v) is 15.9. The molecule has 1 fully saturated rings. The molecule has 2 aromatic rings. The van der Waals surface area contributed by atoms with E-state index in [9.17, 15) is 9.59 Å². The van der Waals surface area contributed by atoms with Crippen molar-refractivity contribution < 1.29 is 14.3 Å². The number of fused-ring (bicyclic) bond motifs is 1. The smallest absolute Gasteiger partial charge is 0.300 e. The molecular formula is C21H21ClN2O3. The Morgan fingerprint density at radius 2 is 1.93 bits per heavy atom. The second-order valence-corrected chi connectivity index (χ2v) is 7.27. The number of amides is 1. The summed E-state index contributed by atoms with van der Waals surface area (Å²) in [7, 11) is 0. The highest BCUT2D eigenvalue weighted by molar-refractivity contribution is 6.52. The van der Waals surface area contributed by atoms with E-state index in [1.54, 1.807) is 23.1 Å². The molecule has 0 aromatic heterocycles. The number of nitrogens with zero attached hydrogens (tertiary/aromatic N) is 2. The van der Waals surface area contributed by atoms with Crippen LogP contribution in [0.15, 0.2) is 42.5 Å². The number of carbonyl (C=O) groups is 2. The molecule has 6 heteroatoms. The summed E-state index contributed by atoms with van der Waals surface area (Å²) in [4.78, 5) is 28.6. The van der Waals surface area contributed by atoms with Gasteiger partial charge in [0.1, 0.15) is 5.75 Å². The number of ether oxygens (including phenoxy) is 1. The molecule has 2 heterocycles. The van der Waals surface area contributed by atoms with Gasteiger partial charge < -0.3 is 4.74 Å². The number of hydrogen-bond acceptors (Lipinski definition) is 4. The predicted molar refractivity (Wildman–Crippen MR) is 104 cm³/mol. The maximum absolute atomic E-state index is 12.5. The quantitative estimate of drug-likeness (QED) is 0.729. The van der Waals surface area contributed by atoms with Gasteiger partial charge in [-0.3, -0.25) is 19.4 Å². The first-order valence-electron chi connectivity index (χ1n) is 9.21. The molecule has 0 radical (unpaired) electrons. The summed E-state index contributed by atoms with van der Waals surface area (Å²) in [6, 6.07) is 13.4. The lowest BCUT2D eigenvalue weighted by Crippen LogP contribution is -2.40. The van der Waals surface area contributed by atoms with E-state index in [1.807, 2.05) is 19.1 Å². The van der Waals surface area contributed by atoms with Crippen LogP contribution in [0.25, 0.3) is 0 Å². The molecule has 1 amide bonds. The van der Waals surface area contributed by atoms with Gasteiger partial charge in [-0.15, -0.1) is 0 Å². The number of anilines is 1. The fourth-order valence-corrected chi connectivity index (χ4v) is 4.09. The molecular weight excluding hydrogens is 364 g/mol. The monoisotopic (exact) mass is 384 g/mol. The zero-order chi connectivity index (χ0) is 19.0. The highest BCUT2D eigenvalue weighted by Crippen LogP contribution is 2.36. The van der Waals surface area contributed by atoms with E-state index in [4.69, 9.17) is 16.3 Å². The fourth-order valence-electron chi connectivity index (χ4n) is 3.92. The lowest BCUT2D eigenvalue weighted by Gasteiger charge is -2.29. The Balaban J connectivity index is 1.55. The van der Waals surface area contributed by atoms with Crippen molar-refractivity contribution in [1.29, 1.82) is 0 Å². The van der Waals surface area contributed by atoms with Crippen LogP contribution >= 0.6 is 11.6 Å². The summed E-state index contributed by atoms with van der Waals surface area (Å²) in [6.45, 7) is 3.89. The molecule has 0 spiro atoms. The predicted octanol–water partition coefficient (Wildman–Crippen LogP) is 4.06. The molecule has 140 valence electrons. The normalized spacial score (nSPS) is 19.6. The topological polar surface area (TPSA) is 49.9 Å². The van der Waals surface area contributed by atoms with E-state index in [1.165, 1.54) is 5.56 Å². The Labute approximate surface area is 163 Å². The summed E-state index contributed by atoms with van der Waals surface area (Å²) in [6.07, 6.45) is 2.08. The largest absolute Gasteiger partial charge is 0.494 e. The van der Waals surface area contributed by atoms with Crippen molar-refractivity contribution in [1.82, 2.24) is 4.90 Å². The van der Waals surface area contributed by atoms with Gasteiger partial charge in [-0.05, 0) is 55.7 Å². The first-order valence-corrected chi connectivity index (χ1v) is 9.59. The molecule has 0 unspecified atom stereocenters. The Kier molecular flexibility index (Phi) is 4.89. The second kappa shape index (κ2) is 7.33. The van der Waals surface area contributed by atoms with Gasteiger partial charge in [-0.1, -0.05) is 23.7 Å². The lowest BCUT2D eigenvalue weighted by molar-refractivity contribution is -0.114. The zero-order valence-electron chi connectivity index (χ0n) is 15.2. The Hall–Kier alpha value is -2.37. The minimum Gasteiger partial charge on any atom is -0.494 e. The van der Waals surface area contributed by atoms with Crippen molar-refractivity contribution in [2.45, 2.75) is 25.8 Å². The van der Waals surface area contributed by atoms with Crippen LogP contribution in [-0.2, 0) is 4.79 Å². The van der Waals surface area contributed by atoms with E-state index < -0.39 is 11.7 Å². The summed E-state index contributed by atoms with van der Waals surface area (Å²) in [5.74, 6) is -0.106. The average molecular weight is 385 g/mol. The minimum atomic E-state index is -0.482. The molecule has 5 nitrogen and oxygen atoms in total. The van der Waals surface area contributed by atoms with E-state index in [0.717, 1.165) is 25.1 Å². The summed E-state index contributed by atoms with van der Waals surface area (Å²) >= 11 is 5.99. The molecule has 4 rings (SSSR count). The van der Waals surface area contributed by atoms with Crippen molar-refractivity contribution in [3.05, 3.63) is 58.6 Å². The third kappa shape index (κ3) is 3.33. The van der Waals surface area contributed by atoms with Crippen molar-refractivity contribution in [3.8, 4) is 5.75 Å². The van der Waals surface area contributed by atoms with Crippen LogP contribution in [0.4, 0.5) is 5.69 Å². The SMILES string of the molecule is CCOc1ccc([C@H]2CCCN2CN2C(=O)C(=O)c3cc(Cl)ccc32)cc1. The van der Waals surface area contributed by atoms with Crippen LogP contribution in [0.1, 0.15) is 41.7 Å². The number of hydrogen-bond donors (Lipinski definition) is 0. The number of Topliss-reactive ketones (excluding diaryl/α,β-unsaturated/α-hetero) is 1. The van der Waals surface area contributed by atoms with Crippen molar-refractivity contribution in [2.24, 2.45) is 0 Å². The maximum Gasteiger partial charge on any atom is 0.300 e. The molecule has 2 aliphatic rings. The third-order valence-corrected chi connectivity index (χ3v) is 5.43. The van der Waals surface area contributed by atoms with Crippen LogP contribution in [0.2, 0.25) is 5.02 Å². The molecule has 1 saturated heterocycles. The summed E-state index contributed by atoms with van der Waals surface area (Å²) < 4.78 is 5.52. The van der Waals surface area contributed by atoms with E-state index in [-0.39, 0.29) is 6.04 Å². The molecule has 0 bridgehead atoms. The van der Waals surface area contributed by atoms with Gasteiger partial charge in [0.2, 0.25) is 0 Å². The molecule has 0 saturated carbocycles. The van der Waals surface area contributed by atoms with Gasteiger partial charge in [0.05, 0.1) is 24.5 Å². The Morgan fingerprint density at radius 3 is 2.67 bits per heavy atom. The number of likely N-dealkylation sites (tertiary alicyclic amines) is 1. The van der Waals surface area contributed by atoms with E-state index >= 15 is 0 Å². The first kappa shape index (κ1) is 18.0. The average Bonchev–Trinajstić information content (AvgIpc) is 3.22. The van der Waals surface area contributed by atoms with Crippen molar-refractivity contribution >= 4 is 29.0 Å². The fraction of sp³-hybridized carbons (Fsp3) is 0.333. The van der Waals surface area contributed by atoms with Gasteiger partial charge in [0.15, 0.2) is 0 Å². The highest BCUT2D eigenvalue weighted by Gasteiger charge is 2.38. The third-order valence-electron chi connectivity index (χ3n) is 5.20. The van der Waals surface area contributed by atoms with Crippen LogP contribution in [0.3, 0.4) is 0 Å². The van der Waals surface area contributed by atoms with Crippen LogP contribution in [-0.4, -0.2) is 36.4 Å². The number of carbonyl (C=O) groups excluding carboxylic acids is 2. The van der Waals surface area contributed by atoms with Gasteiger partial charge in [0.25, 0.3) is 5.78 Å². The van der Waals surface area contributed by atoms with Gasteiger partial charge in [-0.2, -0.15) is 0 Å². The van der Waals surface area contributed by atoms with E-state index in [2.05, 4.69) is 17.0 Å². The number of rotatable bonds is 5. The van der Waals surface area contributed by atoms with Crippen molar-refractivity contribution in [2.75, 3.05) is 24.7 Å². The minimum absolute atomic E-state index is 0.222.